The Morgan fingerprint density at radius 3 is 2.19 bits per heavy atom. The zero-order valence-electron chi connectivity index (χ0n) is 14.6. The van der Waals surface area contributed by atoms with Crippen LogP contribution in [-0.4, -0.2) is 15.9 Å². The quantitative estimate of drug-likeness (QED) is 0.619. The fourth-order valence-corrected chi connectivity index (χ4v) is 2.68. The van der Waals surface area contributed by atoms with Crippen LogP contribution in [0.25, 0.3) is 22.5 Å². The van der Waals surface area contributed by atoms with E-state index in [1.807, 2.05) is 60.7 Å². The molecule has 2 aromatic carbocycles. The summed E-state index contributed by atoms with van der Waals surface area (Å²) in [5.74, 6) is 0.247. The number of carbonyl (C=O) groups excluding carboxylic acids is 1. The number of hydrogen-bond acceptors (Lipinski definition) is 3. The molecule has 4 nitrogen and oxygen atoms in total. The second kappa shape index (κ2) is 8.59. The Kier molecular flexibility index (Phi) is 5.97. The third-order valence-electron chi connectivity index (χ3n) is 3.94. The van der Waals surface area contributed by atoms with Gasteiger partial charge in [-0.15, -0.1) is 0 Å². The summed E-state index contributed by atoms with van der Waals surface area (Å²) in [5.41, 5.74) is 3.38. The first kappa shape index (κ1) is 18.1. The molecular formula is C21H20ClN3O. The highest BCUT2D eigenvalue weighted by atomic mass is 35.5. The molecule has 0 saturated carbocycles. The van der Waals surface area contributed by atoms with E-state index in [1.54, 1.807) is 0 Å². The number of hydrogen-bond donors (Lipinski definition) is 1. The first-order valence-electron chi connectivity index (χ1n) is 8.66. The Morgan fingerprint density at radius 2 is 1.58 bits per heavy atom. The summed E-state index contributed by atoms with van der Waals surface area (Å²) in [6.45, 7) is 2.05. The van der Waals surface area contributed by atoms with Crippen molar-refractivity contribution in [3.05, 3.63) is 65.7 Å². The second-order valence-corrected chi connectivity index (χ2v) is 6.42. The lowest BCUT2D eigenvalue weighted by atomic mass is 10.1. The second-order valence-electron chi connectivity index (χ2n) is 5.99. The highest BCUT2D eigenvalue weighted by Crippen LogP contribution is 2.26. The Morgan fingerprint density at radius 1 is 0.962 bits per heavy atom. The van der Waals surface area contributed by atoms with Gasteiger partial charge in [0.1, 0.15) is 0 Å². The molecule has 0 bridgehead atoms. The van der Waals surface area contributed by atoms with E-state index in [2.05, 4.69) is 22.2 Å². The molecule has 0 aliphatic carbocycles. The maximum atomic E-state index is 12.1. The van der Waals surface area contributed by atoms with E-state index in [1.165, 1.54) is 0 Å². The highest BCUT2D eigenvalue weighted by molar-refractivity contribution is 6.30. The van der Waals surface area contributed by atoms with Crippen molar-refractivity contribution in [3.63, 3.8) is 0 Å². The van der Waals surface area contributed by atoms with Crippen LogP contribution in [0.1, 0.15) is 26.2 Å². The van der Waals surface area contributed by atoms with Crippen LogP contribution in [0.15, 0.2) is 60.7 Å². The first-order chi connectivity index (χ1) is 12.7. The molecule has 3 rings (SSSR count). The molecule has 0 fully saturated rings. The number of nitrogens with zero attached hydrogens (tertiary/aromatic N) is 2. The minimum Gasteiger partial charge on any atom is -0.294 e. The van der Waals surface area contributed by atoms with Crippen molar-refractivity contribution in [1.82, 2.24) is 9.97 Å². The van der Waals surface area contributed by atoms with E-state index in [4.69, 9.17) is 11.6 Å². The molecule has 0 unspecified atom stereocenters. The molecule has 5 heteroatoms. The monoisotopic (exact) mass is 365 g/mol. The average molecular weight is 366 g/mol. The van der Waals surface area contributed by atoms with Crippen molar-refractivity contribution in [2.24, 2.45) is 0 Å². The molecule has 1 amide bonds. The van der Waals surface area contributed by atoms with Crippen molar-refractivity contribution < 1.29 is 4.79 Å². The summed E-state index contributed by atoms with van der Waals surface area (Å²) in [7, 11) is 0. The van der Waals surface area contributed by atoms with Crippen molar-refractivity contribution >= 4 is 23.5 Å². The number of carbonyl (C=O) groups is 1. The van der Waals surface area contributed by atoms with E-state index in [-0.39, 0.29) is 5.91 Å². The van der Waals surface area contributed by atoms with Crippen molar-refractivity contribution in [2.45, 2.75) is 26.2 Å². The van der Waals surface area contributed by atoms with Gasteiger partial charge in [-0.05, 0) is 24.6 Å². The summed E-state index contributed by atoms with van der Waals surface area (Å²) >= 11 is 5.99. The van der Waals surface area contributed by atoms with Gasteiger partial charge in [0.2, 0.25) is 11.9 Å². The van der Waals surface area contributed by atoms with E-state index in [0.717, 1.165) is 35.4 Å². The molecule has 3 aromatic rings. The topological polar surface area (TPSA) is 54.9 Å². The molecule has 1 N–H and O–H groups in total. The van der Waals surface area contributed by atoms with Gasteiger partial charge in [-0.25, -0.2) is 9.97 Å². The molecule has 1 heterocycles. The number of halogens is 1. The minimum absolute atomic E-state index is 0.0703. The van der Waals surface area contributed by atoms with Crippen LogP contribution in [0.2, 0.25) is 5.02 Å². The minimum atomic E-state index is -0.0703. The van der Waals surface area contributed by atoms with Crippen molar-refractivity contribution in [2.75, 3.05) is 5.32 Å². The van der Waals surface area contributed by atoms with Gasteiger partial charge in [0.15, 0.2) is 0 Å². The predicted molar refractivity (Wildman–Crippen MR) is 106 cm³/mol. The third-order valence-corrected chi connectivity index (χ3v) is 4.20. The number of aromatic nitrogens is 2. The van der Waals surface area contributed by atoms with Crippen LogP contribution in [0.3, 0.4) is 0 Å². The van der Waals surface area contributed by atoms with E-state index >= 15 is 0 Å². The summed E-state index contributed by atoms with van der Waals surface area (Å²) in [6, 6.07) is 19.2. The van der Waals surface area contributed by atoms with Crippen LogP contribution >= 0.6 is 11.6 Å². The zero-order chi connectivity index (χ0) is 18.4. The van der Waals surface area contributed by atoms with Gasteiger partial charge in [0, 0.05) is 22.6 Å². The number of anilines is 1. The van der Waals surface area contributed by atoms with E-state index in [9.17, 15) is 4.79 Å². The molecule has 1 aromatic heterocycles. The zero-order valence-corrected chi connectivity index (χ0v) is 15.3. The molecule has 0 saturated heterocycles. The largest absolute Gasteiger partial charge is 0.294 e. The van der Waals surface area contributed by atoms with Gasteiger partial charge in [-0.2, -0.15) is 0 Å². The lowest BCUT2D eigenvalue weighted by Crippen LogP contribution is -2.14. The first-order valence-corrected chi connectivity index (χ1v) is 9.04. The molecule has 132 valence electrons. The summed E-state index contributed by atoms with van der Waals surface area (Å²) in [4.78, 5) is 21.1. The van der Waals surface area contributed by atoms with Crippen molar-refractivity contribution in [3.8, 4) is 22.5 Å². The molecule has 0 aliphatic heterocycles. The van der Waals surface area contributed by atoms with Crippen LogP contribution in [0, 0.1) is 0 Å². The lowest BCUT2D eigenvalue weighted by molar-refractivity contribution is -0.116. The normalized spacial score (nSPS) is 10.5. The number of benzene rings is 2. The van der Waals surface area contributed by atoms with Crippen molar-refractivity contribution in [1.29, 1.82) is 0 Å². The maximum absolute atomic E-state index is 12.1. The average Bonchev–Trinajstić information content (AvgIpc) is 2.67. The SMILES string of the molecule is CCCCC(=O)Nc1nc(-c2ccccc2)cc(-c2ccc(Cl)cc2)n1. The van der Waals surface area contributed by atoms with Crippen LogP contribution in [0.4, 0.5) is 5.95 Å². The lowest BCUT2D eigenvalue weighted by Gasteiger charge is -2.10. The molecule has 0 spiro atoms. The van der Waals surface area contributed by atoms with Gasteiger partial charge in [-0.1, -0.05) is 67.4 Å². The molecule has 0 aliphatic rings. The fraction of sp³-hybridized carbons (Fsp3) is 0.190. The standard InChI is InChI=1S/C21H20ClN3O/c1-2-3-9-20(26)25-21-23-18(15-7-5-4-6-8-15)14-19(24-21)16-10-12-17(22)13-11-16/h4-8,10-14H,2-3,9H2,1H3,(H,23,24,25,26). The summed E-state index contributed by atoms with van der Waals surface area (Å²) in [5, 5.41) is 3.49. The Balaban J connectivity index is 1.99. The smallest absolute Gasteiger partial charge is 0.230 e. The highest BCUT2D eigenvalue weighted by Gasteiger charge is 2.11. The third kappa shape index (κ3) is 4.67. The number of rotatable bonds is 6. The van der Waals surface area contributed by atoms with Crippen LogP contribution in [0.5, 0.6) is 0 Å². The maximum Gasteiger partial charge on any atom is 0.230 e. The van der Waals surface area contributed by atoms with E-state index in [0.29, 0.717) is 17.4 Å². The van der Waals surface area contributed by atoms with Gasteiger partial charge < -0.3 is 0 Å². The summed E-state index contributed by atoms with van der Waals surface area (Å²) < 4.78 is 0. The molecule has 26 heavy (non-hydrogen) atoms. The Hall–Kier alpha value is -2.72. The Labute approximate surface area is 158 Å². The van der Waals surface area contributed by atoms with Gasteiger partial charge >= 0.3 is 0 Å². The van der Waals surface area contributed by atoms with Crippen LogP contribution in [-0.2, 0) is 4.79 Å². The molecule has 0 radical (unpaired) electrons. The predicted octanol–water partition coefficient (Wildman–Crippen LogP) is 5.59. The Bertz CT molecular complexity index is 880. The number of nitrogens with one attached hydrogen (secondary N) is 1. The fourth-order valence-electron chi connectivity index (χ4n) is 2.55. The summed E-state index contributed by atoms with van der Waals surface area (Å²) in [6.07, 6.45) is 2.27. The number of amides is 1. The van der Waals surface area contributed by atoms with Crippen LogP contribution < -0.4 is 5.32 Å². The number of unbranched alkanes of at least 4 members (excludes halogenated alkanes) is 1. The van der Waals surface area contributed by atoms with Gasteiger partial charge in [0.25, 0.3) is 0 Å². The van der Waals surface area contributed by atoms with Gasteiger partial charge in [-0.3, -0.25) is 10.1 Å². The molecule has 0 atom stereocenters. The van der Waals surface area contributed by atoms with Gasteiger partial charge in [0.05, 0.1) is 11.4 Å². The molecular weight excluding hydrogens is 346 g/mol. The van der Waals surface area contributed by atoms with E-state index < -0.39 is 0 Å².